The first-order chi connectivity index (χ1) is 8.85. The van der Waals surface area contributed by atoms with E-state index in [-0.39, 0.29) is 6.03 Å². The van der Waals surface area contributed by atoms with Crippen LogP contribution in [0.3, 0.4) is 0 Å². The first-order valence-electron chi connectivity index (χ1n) is 6.05. The molecule has 0 atom stereocenters. The first-order valence-corrected chi connectivity index (χ1v) is 9.55. The topological polar surface area (TPSA) is 50.4 Å². The summed E-state index contributed by atoms with van der Waals surface area (Å²) in [4.78, 5) is 11.3. The molecule has 0 radical (unpaired) electrons. The molecule has 0 spiro atoms. The summed E-state index contributed by atoms with van der Waals surface area (Å²) in [6, 6.07) is 5.16. The van der Waals surface area contributed by atoms with E-state index in [1.165, 1.54) is 0 Å². The zero-order valence-electron chi connectivity index (χ0n) is 12.0. The number of carbonyl (C=O) groups excluding carboxylic acids is 1. The molecule has 0 aliphatic rings. The van der Waals surface area contributed by atoms with Gasteiger partial charge in [-0.1, -0.05) is 25.6 Å². The predicted molar refractivity (Wildman–Crippen MR) is 81.3 cm³/mol. The second-order valence-corrected chi connectivity index (χ2v) is 9.87. The molecule has 2 N–H and O–H groups in total. The molecular formula is C14H20N2O2Si. The second kappa shape index (κ2) is 6.30. The maximum absolute atomic E-state index is 11.3. The minimum atomic E-state index is -1.45. The van der Waals surface area contributed by atoms with Gasteiger partial charge in [0.1, 0.15) is 13.8 Å². The maximum atomic E-state index is 11.3. The van der Waals surface area contributed by atoms with Crippen LogP contribution in [0.4, 0.5) is 10.5 Å². The molecule has 5 heteroatoms. The number of nitrogens with one attached hydrogen (secondary N) is 2. The summed E-state index contributed by atoms with van der Waals surface area (Å²) in [5.74, 6) is 3.87. The molecule has 0 aliphatic heterocycles. The van der Waals surface area contributed by atoms with E-state index < -0.39 is 8.07 Å². The lowest BCUT2D eigenvalue weighted by molar-refractivity contribution is 0.254. The highest BCUT2D eigenvalue weighted by Gasteiger charge is 2.09. The van der Waals surface area contributed by atoms with Crippen molar-refractivity contribution in [3.05, 3.63) is 23.8 Å². The van der Waals surface area contributed by atoms with E-state index >= 15 is 0 Å². The molecular weight excluding hydrogens is 256 g/mol. The van der Waals surface area contributed by atoms with E-state index in [1.54, 1.807) is 26.3 Å². The Balaban J connectivity index is 3.08. The smallest absolute Gasteiger partial charge is 0.318 e. The SMILES string of the molecule is CNC(=O)Nc1ccc(OC)c(C#C[Si](C)(C)C)c1. The van der Waals surface area contributed by atoms with Crippen molar-refractivity contribution in [3.63, 3.8) is 0 Å². The van der Waals surface area contributed by atoms with Crippen molar-refractivity contribution in [2.75, 3.05) is 19.5 Å². The zero-order valence-corrected chi connectivity index (χ0v) is 13.0. The van der Waals surface area contributed by atoms with Crippen LogP contribution in [0, 0.1) is 11.5 Å². The van der Waals surface area contributed by atoms with Crippen molar-refractivity contribution in [2.24, 2.45) is 0 Å². The Morgan fingerprint density at radius 1 is 1.32 bits per heavy atom. The highest BCUT2D eigenvalue weighted by atomic mass is 28.3. The van der Waals surface area contributed by atoms with Crippen LogP contribution < -0.4 is 15.4 Å². The Morgan fingerprint density at radius 2 is 2.00 bits per heavy atom. The third-order valence-electron chi connectivity index (χ3n) is 2.26. The minimum Gasteiger partial charge on any atom is -0.495 e. The van der Waals surface area contributed by atoms with Crippen LogP contribution in [0.5, 0.6) is 5.75 Å². The molecule has 0 heterocycles. The zero-order chi connectivity index (χ0) is 14.5. The van der Waals surface area contributed by atoms with Crippen LogP contribution in [0.2, 0.25) is 19.6 Å². The van der Waals surface area contributed by atoms with E-state index in [1.807, 2.05) is 6.07 Å². The van der Waals surface area contributed by atoms with Gasteiger partial charge in [0.15, 0.2) is 0 Å². The first kappa shape index (κ1) is 15.1. The molecule has 19 heavy (non-hydrogen) atoms. The average molecular weight is 276 g/mol. The molecule has 0 saturated carbocycles. The third kappa shape index (κ3) is 5.06. The van der Waals surface area contributed by atoms with Gasteiger partial charge in [0.05, 0.1) is 12.7 Å². The third-order valence-corrected chi connectivity index (χ3v) is 3.13. The van der Waals surface area contributed by atoms with Gasteiger partial charge in [-0.3, -0.25) is 0 Å². The Kier molecular flexibility index (Phi) is 5.01. The Bertz CT molecular complexity index is 524. The maximum Gasteiger partial charge on any atom is 0.318 e. The van der Waals surface area contributed by atoms with Crippen LogP contribution in [0.1, 0.15) is 5.56 Å². The van der Waals surface area contributed by atoms with Gasteiger partial charge in [0.25, 0.3) is 0 Å². The van der Waals surface area contributed by atoms with Crippen LogP contribution in [-0.2, 0) is 0 Å². The lowest BCUT2D eigenvalue weighted by Gasteiger charge is -2.09. The van der Waals surface area contributed by atoms with Gasteiger partial charge in [-0.05, 0) is 18.2 Å². The second-order valence-electron chi connectivity index (χ2n) is 5.12. The van der Waals surface area contributed by atoms with Crippen molar-refractivity contribution in [2.45, 2.75) is 19.6 Å². The van der Waals surface area contributed by atoms with Gasteiger partial charge in [0.2, 0.25) is 0 Å². The van der Waals surface area contributed by atoms with Gasteiger partial charge in [0, 0.05) is 12.7 Å². The molecule has 0 bridgehead atoms. The van der Waals surface area contributed by atoms with Crippen molar-refractivity contribution in [1.29, 1.82) is 0 Å². The predicted octanol–water partition coefficient (Wildman–Crippen LogP) is 2.68. The molecule has 0 fully saturated rings. The molecule has 1 rings (SSSR count). The molecule has 0 aromatic heterocycles. The Hall–Kier alpha value is -1.93. The largest absolute Gasteiger partial charge is 0.495 e. The van der Waals surface area contributed by atoms with Crippen LogP contribution in [-0.4, -0.2) is 28.3 Å². The number of amides is 2. The standard InChI is InChI=1S/C14H20N2O2Si/c1-15-14(17)16-12-6-7-13(18-2)11(10-12)8-9-19(3,4)5/h6-7,10H,1-5H3,(H2,15,16,17). The highest BCUT2D eigenvalue weighted by molar-refractivity contribution is 6.83. The molecule has 1 aromatic carbocycles. The summed E-state index contributed by atoms with van der Waals surface area (Å²) >= 11 is 0. The van der Waals surface area contributed by atoms with Crippen molar-refractivity contribution in [1.82, 2.24) is 5.32 Å². The lowest BCUT2D eigenvalue weighted by Crippen LogP contribution is -2.24. The van der Waals surface area contributed by atoms with Gasteiger partial charge < -0.3 is 15.4 Å². The molecule has 0 unspecified atom stereocenters. The van der Waals surface area contributed by atoms with Crippen LogP contribution in [0.25, 0.3) is 0 Å². The van der Waals surface area contributed by atoms with Crippen molar-refractivity contribution in [3.8, 4) is 17.2 Å². The van der Waals surface area contributed by atoms with Crippen molar-refractivity contribution >= 4 is 19.8 Å². The molecule has 4 nitrogen and oxygen atoms in total. The summed E-state index contributed by atoms with van der Waals surface area (Å²) in [5, 5.41) is 5.23. The summed E-state index contributed by atoms with van der Waals surface area (Å²) in [7, 11) is 1.74. The highest BCUT2D eigenvalue weighted by Crippen LogP contribution is 2.22. The van der Waals surface area contributed by atoms with Gasteiger partial charge in [-0.25, -0.2) is 4.79 Å². The average Bonchev–Trinajstić information content (AvgIpc) is 2.35. The fourth-order valence-electron chi connectivity index (χ4n) is 1.33. The fourth-order valence-corrected chi connectivity index (χ4v) is 1.84. The van der Waals surface area contributed by atoms with E-state index in [0.29, 0.717) is 11.4 Å². The Morgan fingerprint density at radius 3 is 2.53 bits per heavy atom. The summed E-state index contributed by atoms with van der Waals surface area (Å²) < 4.78 is 5.28. The summed E-state index contributed by atoms with van der Waals surface area (Å²) in [6.45, 7) is 6.54. The number of carbonyl (C=O) groups is 1. The van der Waals surface area contributed by atoms with E-state index in [2.05, 4.69) is 41.7 Å². The van der Waals surface area contributed by atoms with E-state index in [0.717, 1.165) is 5.56 Å². The van der Waals surface area contributed by atoms with Crippen LogP contribution in [0.15, 0.2) is 18.2 Å². The normalized spacial score (nSPS) is 10.2. The van der Waals surface area contributed by atoms with E-state index in [4.69, 9.17) is 4.74 Å². The van der Waals surface area contributed by atoms with Gasteiger partial charge in [-0.15, -0.1) is 5.54 Å². The molecule has 102 valence electrons. The number of methoxy groups -OCH3 is 1. The fraction of sp³-hybridized carbons (Fsp3) is 0.357. The van der Waals surface area contributed by atoms with Gasteiger partial charge in [-0.2, -0.15) is 0 Å². The number of rotatable bonds is 2. The molecule has 0 aliphatic carbocycles. The number of ether oxygens (including phenoxy) is 1. The molecule has 1 aromatic rings. The lowest BCUT2D eigenvalue weighted by atomic mass is 10.2. The van der Waals surface area contributed by atoms with E-state index in [9.17, 15) is 4.79 Å². The minimum absolute atomic E-state index is 0.255. The summed E-state index contributed by atoms with van der Waals surface area (Å²) in [5.41, 5.74) is 4.77. The van der Waals surface area contributed by atoms with Crippen molar-refractivity contribution < 1.29 is 9.53 Å². The number of urea groups is 1. The molecule has 0 saturated heterocycles. The number of anilines is 1. The Labute approximate surface area is 115 Å². The quantitative estimate of drug-likeness (QED) is 0.644. The number of benzene rings is 1. The molecule has 2 amide bonds. The van der Waals surface area contributed by atoms with Gasteiger partial charge >= 0.3 is 6.03 Å². The number of hydrogen-bond donors (Lipinski definition) is 2. The number of hydrogen-bond acceptors (Lipinski definition) is 2. The van der Waals surface area contributed by atoms with Crippen LogP contribution >= 0.6 is 0 Å². The summed E-state index contributed by atoms with van der Waals surface area (Å²) in [6.07, 6.45) is 0. The monoisotopic (exact) mass is 276 g/mol.